The van der Waals surface area contributed by atoms with Crippen molar-refractivity contribution in [3.63, 3.8) is 0 Å². The van der Waals surface area contributed by atoms with E-state index in [2.05, 4.69) is 18.6 Å². The summed E-state index contributed by atoms with van der Waals surface area (Å²) in [5, 5.41) is 0. The van der Waals surface area contributed by atoms with Crippen LogP contribution in [0.5, 0.6) is 0 Å². The van der Waals surface area contributed by atoms with Crippen LogP contribution in [0.4, 0.5) is 0 Å². The molecule has 0 N–H and O–H groups in total. The molecule has 0 aromatic carbocycles. The van der Waals surface area contributed by atoms with Crippen LogP contribution in [0, 0.1) is 5.92 Å². The fourth-order valence-electron chi connectivity index (χ4n) is 1.18. The maximum atomic E-state index is 11.2. The van der Waals surface area contributed by atoms with Crippen LogP contribution in [0.25, 0.3) is 6.08 Å². The van der Waals surface area contributed by atoms with Crippen LogP contribution in [-0.2, 0) is 4.74 Å². The normalized spacial score (nSPS) is 11.9. The molecule has 0 bridgehead atoms. The molecule has 0 aliphatic rings. The monoisotopic (exact) mass is 242 g/mol. The largest absolute Gasteiger partial charge is 0.463 e. The molecule has 0 aliphatic heterocycles. The number of hydrogen-bond acceptors (Lipinski definition) is 3. The Morgan fingerprint density at radius 2 is 2.25 bits per heavy atom. The highest BCUT2D eigenvalue weighted by atomic mass is 35.5. The quantitative estimate of drug-likeness (QED) is 0.601. The van der Waals surface area contributed by atoms with E-state index in [1.807, 2.05) is 6.08 Å². The summed E-state index contributed by atoms with van der Waals surface area (Å²) in [6.07, 6.45) is 1.85. The SMILES string of the molecule is COC(=O)c1ccc(C=C(CCl)C(C)C)o1. The third-order valence-corrected chi connectivity index (χ3v) is 2.55. The van der Waals surface area contributed by atoms with E-state index in [1.165, 1.54) is 7.11 Å². The van der Waals surface area contributed by atoms with E-state index in [9.17, 15) is 4.79 Å². The van der Waals surface area contributed by atoms with E-state index < -0.39 is 5.97 Å². The molecule has 0 radical (unpaired) electrons. The number of alkyl halides is 1. The Hall–Kier alpha value is -1.22. The van der Waals surface area contributed by atoms with E-state index in [0.29, 0.717) is 17.6 Å². The maximum Gasteiger partial charge on any atom is 0.373 e. The Bertz CT molecular complexity index is 391. The second-order valence-electron chi connectivity index (χ2n) is 3.70. The summed E-state index contributed by atoms with van der Waals surface area (Å²) in [7, 11) is 1.32. The molecule has 0 amide bonds. The Morgan fingerprint density at radius 3 is 2.75 bits per heavy atom. The van der Waals surface area contributed by atoms with Gasteiger partial charge in [0.25, 0.3) is 0 Å². The number of ether oxygens (including phenoxy) is 1. The Balaban J connectivity index is 2.90. The summed E-state index contributed by atoms with van der Waals surface area (Å²) < 4.78 is 9.86. The van der Waals surface area contributed by atoms with Gasteiger partial charge >= 0.3 is 5.97 Å². The molecule has 0 unspecified atom stereocenters. The van der Waals surface area contributed by atoms with E-state index in [4.69, 9.17) is 16.0 Å². The van der Waals surface area contributed by atoms with Gasteiger partial charge in [0.2, 0.25) is 5.76 Å². The minimum absolute atomic E-state index is 0.200. The number of carbonyl (C=O) groups excluding carboxylic acids is 1. The topological polar surface area (TPSA) is 39.4 Å². The minimum atomic E-state index is -0.475. The Labute approximate surface area is 100 Å². The molecule has 3 nitrogen and oxygen atoms in total. The number of furan rings is 1. The first-order valence-electron chi connectivity index (χ1n) is 5.03. The summed E-state index contributed by atoms with van der Waals surface area (Å²) in [5.41, 5.74) is 1.06. The highest BCUT2D eigenvalue weighted by molar-refractivity contribution is 6.19. The molecule has 0 fully saturated rings. The van der Waals surface area contributed by atoms with E-state index in [-0.39, 0.29) is 5.76 Å². The lowest BCUT2D eigenvalue weighted by atomic mass is 10.0. The lowest BCUT2D eigenvalue weighted by molar-refractivity contribution is 0.0564. The lowest BCUT2D eigenvalue weighted by Gasteiger charge is -2.05. The third-order valence-electron chi connectivity index (χ3n) is 2.24. The second kappa shape index (κ2) is 5.75. The predicted molar refractivity (Wildman–Crippen MR) is 63.6 cm³/mol. The van der Waals surface area contributed by atoms with Crippen molar-refractivity contribution in [3.8, 4) is 0 Å². The van der Waals surface area contributed by atoms with Crippen LogP contribution < -0.4 is 0 Å². The van der Waals surface area contributed by atoms with Gasteiger partial charge in [-0.1, -0.05) is 13.8 Å². The van der Waals surface area contributed by atoms with Gasteiger partial charge in [-0.15, -0.1) is 11.6 Å². The lowest BCUT2D eigenvalue weighted by Crippen LogP contribution is -1.98. The Kier molecular flexibility index (Phi) is 4.62. The highest BCUT2D eigenvalue weighted by Gasteiger charge is 2.10. The molecule has 16 heavy (non-hydrogen) atoms. The number of hydrogen-bond donors (Lipinski definition) is 0. The molecule has 0 saturated heterocycles. The first-order valence-corrected chi connectivity index (χ1v) is 5.56. The third kappa shape index (κ3) is 3.14. The molecule has 1 heterocycles. The van der Waals surface area contributed by atoms with Gasteiger partial charge in [0.1, 0.15) is 5.76 Å². The van der Waals surface area contributed by atoms with Gasteiger partial charge in [0.05, 0.1) is 7.11 Å². The van der Waals surface area contributed by atoms with E-state index in [1.54, 1.807) is 12.1 Å². The summed E-state index contributed by atoms with van der Waals surface area (Å²) >= 11 is 5.81. The average Bonchev–Trinajstić information content (AvgIpc) is 2.72. The fourth-order valence-corrected chi connectivity index (χ4v) is 1.57. The average molecular weight is 243 g/mol. The fraction of sp³-hybridized carbons (Fsp3) is 0.417. The summed E-state index contributed by atoms with van der Waals surface area (Å²) in [4.78, 5) is 11.2. The van der Waals surface area contributed by atoms with Crippen LogP contribution in [0.3, 0.4) is 0 Å². The van der Waals surface area contributed by atoms with Gasteiger partial charge in [0.15, 0.2) is 0 Å². The molecule has 0 atom stereocenters. The number of esters is 1. The summed E-state index contributed by atoms with van der Waals surface area (Å²) in [5.74, 6) is 1.14. The van der Waals surface area contributed by atoms with Crippen LogP contribution >= 0.6 is 11.6 Å². The van der Waals surface area contributed by atoms with Gasteiger partial charge in [-0.05, 0) is 29.7 Å². The zero-order valence-electron chi connectivity index (χ0n) is 9.62. The molecule has 88 valence electrons. The van der Waals surface area contributed by atoms with Crippen molar-refractivity contribution in [1.29, 1.82) is 0 Å². The summed E-state index contributed by atoms with van der Waals surface area (Å²) in [6, 6.07) is 3.31. The second-order valence-corrected chi connectivity index (χ2v) is 3.97. The maximum absolute atomic E-state index is 11.2. The Morgan fingerprint density at radius 1 is 1.56 bits per heavy atom. The smallest absolute Gasteiger partial charge is 0.373 e. The molecule has 1 aromatic heterocycles. The van der Waals surface area contributed by atoms with Crippen molar-refractivity contribution in [2.45, 2.75) is 13.8 Å². The predicted octanol–water partition coefficient (Wildman–Crippen LogP) is 3.34. The molecule has 4 heteroatoms. The van der Waals surface area contributed by atoms with Crippen LogP contribution in [0.1, 0.15) is 30.2 Å². The van der Waals surface area contributed by atoms with E-state index >= 15 is 0 Å². The van der Waals surface area contributed by atoms with Gasteiger partial charge in [-0.25, -0.2) is 4.79 Å². The number of methoxy groups -OCH3 is 1. The van der Waals surface area contributed by atoms with Crippen LogP contribution in [-0.4, -0.2) is 19.0 Å². The molecule has 1 rings (SSSR count). The molecule has 0 spiro atoms. The number of allylic oxidation sites excluding steroid dienone is 1. The molecule has 0 aliphatic carbocycles. The highest BCUT2D eigenvalue weighted by Crippen LogP contribution is 2.18. The zero-order valence-corrected chi connectivity index (χ0v) is 10.4. The van der Waals surface area contributed by atoms with E-state index in [0.717, 1.165) is 5.57 Å². The van der Waals surface area contributed by atoms with Crippen LogP contribution in [0.15, 0.2) is 22.1 Å². The number of halogens is 1. The minimum Gasteiger partial charge on any atom is -0.463 e. The first-order chi connectivity index (χ1) is 7.58. The zero-order chi connectivity index (χ0) is 12.1. The van der Waals surface area contributed by atoms with Gasteiger partial charge in [0, 0.05) is 5.88 Å². The van der Waals surface area contributed by atoms with Crippen molar-refractivity contribution < 1.29 is 13.9 Å². The van der Waals surface area contributed by atoms with Gasteiger partial charge < -0.3 is 9.15 Å². The summed E-state index contributed by atoms with van der Waals surface area (Å²) in [6.45, 7) is 4.11. The van der Waals surface area contributed by atoms with Crippen LogP contribution in [0.2, 0.25) is 0 Å². The standard InChI is InChI=1S/C12H15ClO3/c1-8(2)9(7-13)6-10-4-5-11(16-10)12(14)15-3/h4-6,8H,7H2,1-3H3. The molecule has 1 aromatic rings. The van der Waals surface area contributed by atoms with Crippen molar-refractivity contribution in [2.24, 2.45) is 5.92 Å². The number of carbonyl (C=O) groups is 1. The van der Waals surface area contributed by atoms with Gasteiger partial charge in [-0.2, -0.15) is 0 Å². The van der Waals surface area contributed by atoms with Crippen molar-refractivity contribution in [1.82, 2.24) is 0 Å². The van der Waals surface area contributed by atoms with Crippen molar-refractivity contribution in [3.05, 3.63) is 29.2 Å². The van der Waals surface area contributed by atoms with Crippen molar-refractivity contribution in [2.75, 3.05) is 13.0 Å². The molecular formula is C12H15ClO3. The van der Waals surface area contributed by atoms with Gasteiger partial charge in [-0.3, -0.25) is 0 Å². The van der Waals surface area contributed by atoms with Crippen molar-refractivity contribution >= 4 is 23.6 Å². The molecular weight excluding hydrogens is 228 g/mol. The first kappa shape index (κ1) is 12.8. The molecule has 0 saturated carbocycles. The number of rotatable bonds is 4.